The maximum absolute atomic E-state index is 12.5. The second-order valence-electron chi connectivity index (χ2n) is 5.84. The van der Waals surface area contributed by atoms with Gasteiger partial charge in [0.05, 0.1) is 19.5 Å². The predicted molar refractivity (Wildman–Crippen MR) is 82.2 cm³/mol. The second-order valence-corrected chi connectivity index (χ2v) is 7.73. The van der Waals surface area contributed by atoms with E-state index < -0.39 is 10.0 Å². The molecule has 1 amide bonds. The molecule has 0 bridgehead atoms. The topological polar surface area (TPSA) is 84.7 Å². The molecule has 2 saturated heterocycles. The van der Waals surface area contributed by atoms with E-state index in [1.807, 2.05) is 0 Å². The molecule has 3 heterocycles. The number of rotatable bonds is 4. The SMILES string of the molecule is O=C(Cn1cnc(S(=O)(=O)N2CCCCC2)c1)N1CCOCC1. The van der Waals surface area contributed by atoms with E-state index >= 15 is 0 Å². The molecular formula is C14H22N4O4S. The van der Waals surface area contributed by atoms with Crippen molar-refractivity contribution in [2.45, 2.75) is 30.8 Å². The van der Waals surface area contributed by atoms with Crippen molar-refractivity contribution in [3.05, 3.63) is 12.5 Å². The fraction of sp³-hybridized carbons (Fsp3) is 0.714. The fourth-order valence-corrected chi connectivity index (χ4v) is 4.32. The Kier molecular flexibility index (Phi) is 4.98. The smallest absolute Gasteiger partial charge is 0.262 e. The maximum Gasteiger partial charge on any atom is 0.262 e. The van der Waals surface area contributed by atoms with E-state index in [0.717, 1.165) is 19.3 Å². The summed E-state index contributed by atoms with van der Waals surface area (Å²) in [4.78, 5) is 17.9. The molecule has 0 N–H and O–H groups in total. The highest BCUT2D eigenvalue weighted by atomic mass is 32.2. The Balaban J connectivity index is 1.66. The largest absolute Gasteiger partial charge is 0.378 e. The van der Waals surface area contributed by atoms with Crippen LogP contribution in [0.5, 0.6) is 0 Å². The molecule has 1 aromatic heterocycles. The molecule has 2 aliphatic heterocycles. The molecule has 128 valence electrons. The highest BCUT2D eigenvalue weighted by molar-refractivity contribution is 7.89. The molecule has 0 atom stereocenters. The zero-order valence-electron chi connectivity index (χ0n) is 13.1. The van der Waals surface area contributed by atoms with Crippen LogP contribution in [-0.2, 0) is 26.1 Å². The van der Waals surface area contributed by atoms with Gasteiger partial charge in [0.15, 0.2) is 5.03 Å². The molecule has 0 spiro atoms. The van der Waals surface area contributed by atoms with Crippen LogP contribution in [0.25, 0.3) is 0 Å². The molecule has 9 heteroatoms. The summed E-state index contributed by atoms with van der Waals surface area (Å²) in [5.41, 5.74) is 0. The number of piperidine rings is 1. The van der Waals surface area contributed by atoms with Crippen molar-refractivity contribution in [2.24, 2.45) is 0 Å². The van der Waals surface area contributed by atoms with Gasteiger partial charge in [-0.2, -0.15) is 4.31 Å². The van der Waals surface area contributed by atoms with Crippen LogP contribution in [-0.4, -0.2) is 72.5 Å². The zero-order chi connectivity index (χ0) is 16.3. The standard InChI is InChI=1S/C14H22N4O4S/c19-14(17-6-8-22-9-7-17)11-16-10-13(15-12-16)23(20,21)18-4-2-1-3-5-18/h10,12H,1-9,11H2. The monoisotopic (exact) mass is 342 g/mol. The van der Waals surface area contributed by atoms with Gasteiger partial charge in [-0.15, -0.1) is 0 Å². The highest BCUT2D eigenvalue weighted by Crippen LogP contribution is 2.19. The van der Waals surface area contributed by atoms with Crippen molar-refractivity contribution in [1.29, 1.82) is 0 Å². The lowest BCUT2D eigenvalue weighted by Gasteiger charge is -2.26. The molecule has 0 saturated carbocycles. The summed E-state index contributed by atoms with van der Waals surface area (Å²) < 4.78 is 33.3. The van der Waals surface area contributed by atoms with Gasteiger partial charge in [0.25, 0.3) is 10.0 Å². The Hall–Kier alpha value is -1.45. The molecule has 23 heavy (non-hydrogen) atoms. The van der Waals surface area contributed by atoms with Gasteiger partial charge < -0.3 is 14.2 Å². The summed E-state index contributed by atoms with van der Waals surface area (Å²) in [7, 11) is -3.55. The third kappa shape index (κ3) is 3.73. The van der Waals surface area contributed by atoms with Crippen molar-refractivity contribution in [3.63, 3.8) is 0 Å². The number of morpholine rings is 1. The molecule has 1 aromatic rings. The van der Waals surface area contributed by atoms with Crippen molar-refractivity contribution in [1.82, 2.24) is 18.8 Å². The number of hydrogen-bond acceptors (Lipinski definition) is 5. The Morgan fingerprint density at radius 3 is 2.52 bits per heavy atom. The van der Waals surface area contributed by atoms with Crippen LogP contribution in [0.1, 0.15) is 19.3 Å². The van der Waals surface area contributed by atoms with Gasteiger partial charge in [-0.1, -0.05) is 6.42 Å². The zero-order valence-corrected chi connectivity index (χ0v) is 13.9. The number of ether oxygens (including phenoxy) is 1. The first-order valence-corrected chi connectivity index (χ1v) is 9.39. The van der Waals surface area contributed by atoms with Gasteiger partial charge in [-0.05, 0) is 12.8 Å². The number of carbonyl (C=O) groups is 1. The normalized spacial score (nSPS) is 20.6. The van der Waals surface area contributed by atoms with E-state index in [0.29, 0.717) is 39.4 Å². The number of nitrogens with zero attached hydrogens (tertiary/aromatic N) is 4. The minimum absolute atomic E-state index is 0.0224. The number of amides is 1. The lowest BCUT2D eigenvalue weighted by Crippen LogP contribution is -2.42. The minimum atomic E-state index is -3.55. The quantitative estimate of drug-likeness (QED) is 0.764. The van der Waals surface area contributed by atoms with E-state index in [2.05, 4.69) is 4.98 Å². The molecule has 2 fully saturated rings. The second kappa shape index (κ2) is 6.98. The first kappa shape index (κ1) is 16.4. The van der Waals surface area contributed by atoms with Gasteiger partial charge in [0.1, 0.15) is 6.54 Å². The van der Waals surface area contributed by atoms with E-state index in [1.165, 1.54) is 21.4 Å². The summed E-state index contributed by atoms with van der Waals surface area (Å²) in [5.74, 6) is -0.0485. The van der Waals surface area contributed by atoms with Crippen molar-refractivity contribution < 1.29 is 17.9 Å². The van der Waals surface area contributed by atoms with Gasteiger partial charge in [0.2, 0.25) is 5.91 Å². The maximum atomic E-state index is 12.5. The number of imidazole rings is 1. The summed E-state index contributed by atoms with van der Waals surface area (Å²) in [6, 6.07) is 0. The summed E-state index contributed by atoms with van der Waals surface area (Å²) in [6.07, 6.45) is 5.69. The fourth-order valence-electron chi connectivity index (χ4n) is 2.87. The molecular weight excluding hydrogens is 320 g/mol. The van der Waals surface area contributed by atoms with Crippen molar-refractivity contribution in [3.8, 4) is 0 Å². The highest BCUT2D eigenvalue weighted by Gasteiger charge is 2.28. The van der Waals surface area contributed by atoms with Crippen LogP contribution in [0.4, 0.5) is 0 Å². The summed E-state index contributed by atoms with van der Waals surface area (Å²) in [5, 5.41) is 0.0224. The lowest BCUT2D eigenvalue weighted by atomic mass is 10.2. The third-order valence-electron chi connectivity index (χ3n) is 4.21. The molecule has 0 radical (unpaired) electrons. The van der Waals surface area contributed by atoms with Crippen LogP contribution in [0, 0.1) is 0 Å². The van der Waals surface area contributed by atoms with Crippen LogP contribution in [0.2, 0.25) is 0 Å². The van der Waals surface area contributed by atoms with Gasteiger partial charge >= 0.3 is 0 Å². The predicted octanol–water partition coefficient (Wildman–Crippen LogP) is -0.0835. The summed E-state index contributed by atoms with van der Waals surface area (Å²) in [6.45, 7) is 3.43. The molecule has 8 nitrogen and oxygen atoms in total. The van der Waals surface area contributed by atoms with Crippen LogP contribution in [0.15, 0.2) is 17.6 Å². The van der Waals surface area contributed by atoms with Gasteiger partial charge in [0, 0.05) is 32.4 Å². The van der Waals surface area contributed by atoms with E-state index in [9.17, 15) is 13.2 Å². The number of sulfonamides is 1. The molecule has 0 aromatic carbocycles. The average Bonchev–Trinajstić information content (AvgIpc) is 3.06. The molecule has 2 aliphatic rings. The Morgan fingerprint density at radius 2 is 1.83 bits per heavy atom. The van der Waals surface area contributed by atoms with Gasteiger partial charge in [-0.25, -0.2) is 13.4 Å². The van der Waals surface area contributed by atoms with Gasteiger partial charge in [-0.3, -0.25) is 4.79 Å². The number of carbonyl (C=O) groups excluding carboxylic acids is 1. The third-order valence-corrected chi connectivity index (χ3v) is 5.99. The number of hydrogen-bond donors (Lipinski definition) is 0. The average molecular weight is 342 g/mol. The summed E-state index contributed by atoms with van der Waals surface area (Å²) >= 11 is 0. The number of aromatic nitrogens is 2. The van der Waals surface area contributed by atoms with E-state index in [-0.39, 0.29) is 17.5 Å². The van der Waals surface area contributed by atoms with Crippen LogP contribution >= 0.6 is 0 Å². The van der Waals surface area contributed by atoms with E-state index in [4.69, 9.17) is 4.74 Å². The van der Waals surface area contributed by atoms with Crippen LogP contribution in [0.3, 0.4) is 0 Å². The Bertz CT molecular complexity index is 645. The molecule has 0 aliphatic carbocycles. The minimum Gasteiger partial charge on any atom is -0.378 e. The Morgan fingerprint density at radius 1 is 1.13 bits per heavy atom. The molecule has 3 rings (SSSR count). The lowest BCUT2D eigenvalue weighted by molar-refractivity contribution is -0.135. The first-order chi connectivity index (χ1) is 11.1. The van der Waals surface area contributed by atoms with E-state index in [1.54, 1.807) is 4.90 Å². The van der Waals surface area contributed by atoms with Crippen molar-refractivity contribution >= 4 is 15.9 Å². The first-order valence-electron chi connectivity index (χ1n) is 7.95. The Labute approximate surface area is 136 Å². The molecule has 0 unspecified atom stereocenters. The van der Waals surface area contributed by atoms with Crippen molar-refractivity contribution in [2.75, 3.05) is 39.4 Å². The van der Waals surface area contributed by atoms with Crippen LogP contribution < -0.4 is 0 Å².